The minimum absolute atomic E-state index is 0.384. The van der Waals surface area contributed by atoms with Gasteiger partial charge in [-0.25, -0.2) is 4.79 Å². The van der Waals surface area contributed by atoms with E-state index in [0.29, 0.717) is 30.1 Å². The molecule has 0 radical (unpaired) electrons. The van der Waals surface area contributed by atoms with Gasteiger partial charge in [-0.3, -0.25) is 0 Å². The maximum atomic E-state index is 12.3. The number of hydrogen-bond acceptors (Lipinski definition) is 5. The lowest BCUT2D eigenvalue weighted by atomic mass is 9.93. The summed E-state index contributed by atoms with van der Waals surface area (Å²) in [6, 6.07) is 20.6. The van der Waals surface area contributed by atoms with E-state index in [1.54, 1.807) is 24.3 Å². The number of benzene rings is 3. The molecular formula is C25H24O5. The molecule has 2 unspecified atom stereocenters. The molecular weight excluding hydrogens is 380 g/mol. The minimum Gasteiger partial charge on any atom is -0.490 e. The molecule has 0 spiro atoms. The van der Waals surface area contributed by atoms with E-state index in [1.165, 1.54) is 0 Å². The van der Waals surface area contributed by atoms with Crippen molar-refractivity contribution in [3.05, 3.63) is 94.5 Å². The molecule has 0 saturated carbocycles. The molecule has 1 N–H and O–H groups in total. The van der Waals surface area contributed by atoms with Crippen LogP contribution in [0.5, 0.6) is 11.5 Å². The predicted octanol–water partition coefficient (Wildman–Crippen LogP) is 4.71. The van der Waals surface area contributed by atoms with Gasteiger partial charge in [-0.15, -0.1) is 0 Å². The molecule has 3 aromatic carbocycles. The van der Waals surface area contributed by atoms with Gasteiger partial charge in [0.05, 0.1) is 5.56 Å². The maximum absolute atomic E-state index is 12.3. The predicted molar refractivity (Wildman–Crippen MR) is 113 cm³/mol. The Hall–Kier alpha value is -3.31. The molecule has 3 aromatic rings. The third-order valence-corrected chi connectivity index (χ3v) is 5.13. The highest BCUT2D eigenvalue weighted by Gasteiger charge is 2.37. The van der Waals surface area contributed by atoms with Crippen LogP contribution in [0.15, 0.2) is 66.7 Å². The number of carbonyl (C=O) groups is 1. The zero-order valence-corrected chi connectivity index (χ0v) is 17.0. The van der Waals surface area contributed by atoms with Crippen molar-refractivity contribution in [3.8, 4) is 11.5 Å². The van der Waals surface area contributed by atoms with E-state index in [2.05, 4.69) is 0 Å². The molecule has 0 aromatic heterocycles. The molecule has 5 heteroatoms. The molecule has 30 heavy (non-hydrogen) atoms. The van der Waals surface area contributed by atoms with Crippen LogP contribution in [0.2, 0.25) is 0 Å². The molecule has 0 amide bonds. The highest BCUT2D eigenvalue weighted by atomic mass is 16.6. The van der Waals surface area contributed by atoms with Crippen LogP contribution in [0.3, 0.4) is 0 Å². The van der Waals surface area contributed by atoms with Crippen molar-refractivity contribution in [2.75, 3.05) is 13.2 Å². The fourth-order valence-electron chi connectivity index (χ4n) is 3.75. The van der Waals surface area contributed by atoms with Crippen molar-refractivity contribution in [3.63, 3.8) is 0 Å². The third kappa shape index (κ3) is 4.16. The van der Waals surface area contributed by atoms with E-state index >= 15 is 0 Å². The number of carbonyl (C=O) groups excluding carboxylic acids is 1. The van der Waals surface area contributed by atoms with Gasteiger partial charge in [-0.05, 0) is 49.2 Å². The topological polar surface area (TPSA) is 65.0 Å². The molecule has 5 nitrogen and oxygen atoms in total. The number of aliphatic hydroxyl groups is 1. The Morgan fingerprint density at radius 3 is 2.23 bits per heavy atom. The molecule has 0 bridgehead atoms. The number of aryl methyl sites for hydroxylation is 2. The number of hydrogen-bond donors (Lipinski definition) is 1. The summed E-state index contributed by atoms with van der Waals surface area (Å²) in [6.45, 7) is 4.69. The molecule has 1 aliphatic rings. The first-order chi connectivity index (χ1) is 14.5. The first-order valence-corrected chi connectivity index (χ1v) is 9.94. The number of aliphatic hydroxyl groups excluding tert-OH is 1. The Kier molecular flexibility index (Phi) is 5.72. The van der Waals surface area contributed by atoms with E-state index in [1.807, 2.05) is 56.3 Å². The van der Waals surface area contributed by atoms with Crippen molar-refractivity contribution in [2.24, 2.45) is 0 Å². The van der Waals surface area contributed by atoms with Crippen molar-refractivity contribution in [1.29, 1.82) is 0 Å². The monoisotopic (exact) mass is 404 g/mol. The number of fused-ring (bicyclic) bond motifs is 1. The van der Waals surface area contributed by atoms with Gasteiger partial charge < -0.3 is 19.3 Å². The molecule has 4 rings (SSSR count). The van der Waals surface area contributed by atoms with Gasteiger partial charge in [0.25, 0.3) is 0 Å². The summed E-state index contributed by atoms with van der Waals surface area (Å²) in [7, 11) is 0. The van der Waals surface area contributed by atoms with Crippen molar-refractivity contribution >= 4 is 5.97 Å². The van der Waals surface area contributed by atoms with Crippen molar-refractivity contribution in [1.82, 2.24) is 0 Å². The summed E-state index contributed by atoms with van der Waals surface area (Å²) in [5.74, 6) is 1.10. The van der Waals surface area contributed by atoms with Gasteiger partial charge in [0.2, 0.25) is 0 Å². The first-order valence-electron chi connectivity index (χ1n) is 9.94. The summed E-state index contributed by atoms with van der Waals surface area (Å²) in [4.78, 5) is 12.3. The van der Waals surface area contributed by atoms with Crippen LogP contribution >= 0.6 is 0 Å². The van der Waals surface area contributed by atoms with Crippen LogP contribution in [0.4, 0.5) is 0 Å². The van der Waals surface area contributed by atoms with Crippen LogP contribution in [0.1, 0.15) is 44.8 Å². The molecule has 2 atom stereocenters. The number of rotatable bonds is 7. The number of ether oxygens (including phenoxy) is 3. The first kappa shape index (κ1) is 20.0. The van der Waals surface area contributed by atoms with E-state index in [4.69, 9.17) is 14.2 Å². The Morgan fingerprint density at radius 2 is 1.57 bits per heavy atom. The van der Waals surface area contributed by atoms with Gasteiger partial charge in [-0.1, -0.05) is 48.0 Å². The largest absolute Gasteiger partial charge is 0.490 e. The Bertz CT molecular complexity index is 1030. The summed E-state index contributed by atoms with van der Waals surface area (Å²) in [5.41, 5.74) is 3.86. The minimum atomic E-state index is -0.952. The lowest BCUT2D eigenvalue weighted by Gasteiger charge is -2.19. The third-order valence-electron chi connectivity index (χ3n) is 5.13. The summed E-state index contributed by atoms with van der Waals surface area (Å²) >= 11 is 0. The van der Waals surface area contributed by atoms with Gasteiger partial charge >= 0.3 is 5.97 Å². The summed E-state index contributed by atoms with van der Waals surface area (Å²) < 4.78 is 16.8. The molecule has 0 saturated heterocycles. The van der Waals surface area contributed by atoms with Crippen molar-refractivity contribution < 1.29 is 24.1 Å². The second-order valence-electron chi connectivity index (χ2n) is 7.40. The average Bonchev–Trinajstić information content (AvgIpc) is 3.08. The van der Waals surface area contributed by atoms with Crippen molar-refractivity contribution in [2.45, 2.75) is 26.1 Å². The molecule has 1 heterocycles. The van der Waals surface area contributed by atoms with E-state index in [0.717, 1.165) is 22.4 Å². The van der Waals surface area contributed by atoms with Gasteiger partial charge in [0, 0.05) is 5.56 Å². The highest BCUT2D eigenvalue weighted by molar-refractivity contribution is 5.95. The highest BCUT2D eigenvalue weighted by Crippen LogP contribution is 2.41. The quantitative estimate of drug-likeness (QED) is 0.457. The fourth-order valence-corrected chi connectivity index (χ4v) is 3.75. The van der Waals surface area contributed by atoms with Gasteiger partial charge in [0.1, 0.15) is 30.8 Å². The number of para-hydroxylation sites is 1. The van der Waals surface area contributed by atoms with Crippen LogP contribution in [0.25, 0.3) is 0 Å². The normalized spacial score (nSPS) is 16.0. The SMILES string of the molecule is Cc1cc(C)c2c(c1)C(C(O)c1ccc(OCCOc3ccccc3)cc1)OC2=O. The molecule has 0 aliphatic carbocycles. The van der Waals surface area contributed by atoms with E-state index in [9.17, 15) is 9.90 Å². The van der Waals surface area contributed by atoms with Gasteiger partial charge in [-0.2, -0.15) is 0 Å². The van der Waals surface area contributed by atoms with Crippen LogP contribution in [-0.2, 0) is 4.74 Å². The lowest BCUT2D eigenvalue weighted by molar-refractivity contribution is -0.0103. The van der Waals surface area contributed by atoms with E-state index < -0.39 is 12.2 Å². The summed E-state index contributed by atoms with van der Waals surface area (Å²) in [6.07, 6.45) is -1.66. The fraction of sp³-hybridized carbons (Fsp3) is 0.240. The number of cyclic esters (lactones) is 1. The standard InChI is InChI=1S/C25H24O5/c1-16-14-17(2)22-21(15-16)24(30-25(22)27)23(26)18-8-10-20(11-9-18)29-13-12-28-19-6-4-3-5-7-19/h3-11,14-15,23-24,26H,12-13H2,1-2H3. The second-order valence-corrected chi connectivity index (χ2v) is 7.40. The van der Waals surface area contributed by atoms with Crippen LogP contribution in [0, 0.1) is 13.8 Å². The maximum Gasteiger partial charge on any atom is 0.339 e. The Balaban J connectivity index is 1.38. The zero-order chi connectivity index (χ0) is 21.1. The zero-order valence-electron chi connectivity index (χ0n) is 17.0. The lowest BCUT2D eigenvalue weighted by Crippen LogP contribution is -2.11. The smallest absolute Gasteiger partial charge is 0.339 e. The van der Waals surface area contributed by atoms with Crippen LogP contribution < -0.4 is 9.47 Å². The Labute approximate surface area is 175 Å². The van der Waals surface area contributed by atoms with Crippen LogP contribution in [-0.4, -0.2) is 24.3 Å². The Morgan fingerprint density at radius 1 is 0.933 bits per heavy atom. The van der Waals surface area contributed by atoms with Gasteiger partial charge in [0.15, 0.2) is 6.10 Å². The molecule has 0 fully saturated rings. The van der Waals surface area contributed by atoms with E-state index in [-0.39, 0.29) is 5.97 Å². The average molecular weight is 404 g/mol. The molecule has 154 valence electrons. The summed E-state index contributed by atoms with van der Waals surface area (Å²) in [5, 5.41) is 10.9. The second kappa shape index (κ2) is 8.59. The number of esters is 1. The molecule has 1 aliphatic heterocycles.